The van der Waals surface area contributed by atoms with E-state index in [0.717, 1.165) is 11.1 Å². The van der Waals surface area contributed by atoms with E-state index in [1.165, 1.54) is 24.3 Å². The van der Waals surface area contributed by atoms with Crippen molar-refractivity contribution in [1.29, 1.82) is 0 Å². The Hall–Kier alpha value is -3.91. The van der Waals surface area contributed by atoms with E-state index in [1.807, 2.05) is 38.1 Å². The van der Waals surface area contributed by atoms with Gasteiger partial charge in [0, 0.05) is 5.56 Å². The van der Waals surface area contributed by atoms with Crippen molar-refractivity contribution in [3.8, 4) is 17.1 Å². The first-order valence-electron chi connectivity index (χ1n) is 10.5. The Bertz CT molecular complexity index is 1650. The van der Waals surface area contributed by atoms with Crippen LogP contribution in [0.2, 0.25) is 0 Å². The second-order valence-corrected chi connectivity index (χ2v) is 9.85. The van der Waals surface area contributed by atoms with Crippen molar-refractivity contribution in [3.05, 3.63) is 102 Å². The number of benzene rings is 3. The van der Waals surface area contributed by atoms with E-state index >= 15 is 4.39 Å². The SMILES string of the molecule is Cc1ccc(-n2c(-c3ccccc3)nc3c(S(=O)(=O)c4ccccc4)c(F)c(F)nc32)c(C)c1. The van der Waals surface area contributed by atoms with Gasteiger partial charge in [0.1, 0.15) is 16.2 Å². The number of nitrogens with zero attached hydrogens (tertiary/aromatic N) is 3. The monoisotopic (exact) mass is 475 g/mol. The summed E-state index contributed by atoms with van der Waals surface area (Å²) >= 11 is 0. The van der Waals surface area contributed by atoms with E-state index < -0.39 is 26.5 Å². The standard InChI is InChI=1S/C26H19F2N3O2S/c1-16-13-14-20(17(2)15-16)31-25(18-9-5-3-6-10-18)29-22-23(21(27)24(28)30-26(22)31)34(32,33)19-11-7-4-8-12-19/h3-15H,1-2H3. The summed E-state index contributed by atoms with van der Waals surface area (Å²) in [5.74, 6) is -2.74. The molecule has 0 aliphatic rings. The maximum absolute atomic E-state index is 15.1. The Morgan fingerprint density at radius 3 is 2.12 bits per heavy atom. The zero-order valence-corrected chi connectivity index (χ0v) is 19.1. The molecule has 0 radical (unpaired) electrons. The number of imidazole rings is 1. The minimum Gasteiger partial charge on any atom is -0.276 e. The summed E-state index contributed by atoms with van der Waals surface area (Å²) in [6.45, 7) is 3.82. The fourth-order valence-electron chi connectivity index (χ4n) is 4.04. The van der Waals surface area contributed by atoms with E-state index in [9.17, 15) is 12.8 Å². The molecule has 0 spiro atoms. The van der Waals surface area contributed by atoms with Gasteiger partial charge in [0.25, 0.3) is 5.95 Å². The molecule has 0 fully saturated rings. The third-order valence-corrected chi connectivity index (χ3v) is 7.40. The normalized spacial score (nSPS) is 11.8. The van der Waals surface area contributed by atoms with Crippen molar-refractivity contribution >= 4 is 21.0 Å². The van der Waals surface area contributed by atoms with Crippen LogP contribution in [0.3, 0.4) is 0 Å². The molecule has 0 amide bonds. The predicted octanol–water partition coefficient (Wildman–Crippen LogP) is 5.82. The summed E-state index contributed by atoms with van der Waals surface area (Å²) in [6, 6.07) is 22.0. The highest BCUT2D eigenvalue weighted by Gasteiger charge is 2.32. The fraction of sp³-hybridized carbons (Fsp3) is 0.0769. The van der Waals surface area contributed by atoms with E-state index in [-0.39, 0.29) is 16.1 Å². The zero-order valence-electron chi connectivity index (χ0n) is 18.3. The number of rotatable bonds is 4. The molecule has 0 saturated carbocycles. The Labute approximate surface area is 195 Å². The van der Waals surface area contributed by atoms with Crippen LogP contribution in [0.15, 0.2) is 88.7 Å². The van der Waals surface area contributed by atoms with E-state index in [1.54, 1.807) is 34.9 Å². The Morgan fingerprint density at radius 2 is 1.47 bits per heavy atom. The molecule has 0 N–H and O–H groups in total. The van der Waals surface area contributed by atoms with Crippen LogP contribution in [0.25, 0.3) is 28.2 Å². The first-order valence-corrected chi connectivity index (χ1v) is 12.0. The minimum atomic E-state index is -4.43. The lowest BCUT2D eigenvalue weighted by Gasteiger charge is -2.13. The lowest BCUT2D eigenvalue weighted by Crippen LogP contribution is -2.09. The lowest BCUT2D eigenvalue weighted by atomic mass is 10.1. The molecule has 5 nitrogen and oxygen atoms in total. The molecule has 2 aromatic heterocycles. The van der Waals surface area contributed by atoms with Gasteiger partial charge in [0.2, 0.25) is 9.84 Å². The zero-order chi connectivity index (χ0) is 24.0. The first-order chi connectivity index (χ1) is 16.3. The van der Waals surface area contributed by atoms with Crippen LogP contribution in [0, 0.1) is 25.6 Å². The maximum atomic E-state index is 15.1. The highest BCUT2D eigenvalue weighted by atomic mass is 32.2. The molecule has 0 aliphatic carbocycles. The molecule has 0 saturated heterocycles. The van der Waals surface area contributed by atoms with Crippen molar-refractivity contribution in [2.45, 2.75) is 23.6 Å². The van der Waals surface area contributed by atoms with Gasteiger partial charge in [-0.2, -0.15) is 9.37 Å². The fourth-order valence-corrected chi connectivity index (χ4v) is 5.50. The second kappa shape index (κ2) is 8.14. The number of aryl methyl sites for hydroxylation is 2. The largest absolute Gasteiger partial charge is 0.276 e. The average Bonchev–Trinajstić information content (AvgIpc) is 3.19. The summed E-state index contributed by atoms with van der Waals surface area (Å²) < 4.78 is 58.4. The number of sulfone groups is 1. The van der Waals surface area contributed by atoms with Crippen LogP contribution in [0.4, 0.5) is 8.78 Å². The Balaban J connectivity index is 1.94. The molecule has 0 aliphatic heterocycles. The Morgan fingerprint density at radius 1 is 0.824 bits per heavy atom. The van der Waals surface area contributed by atoms with E-state index in [0.29, 0.717) is 17.1 Å². The van der Waals surface area contributed by atoms with Gasteiger partial charge in [0.15, 0.2) is 11.5 Å². The minimum absolute atomic E-state index is 0.0841. The molecule has 3 aromatic carbocycles. The molecule has 34 heavy (non-hydrogen) atoms. The molecule has 8 heteroatoms. The van der Waals surface area contributed by atoms with Gasteiger partial charge < -0.3 is 0 Å². The van der Waals surface area contributed by atoms with Crippen LogP contribution in [-0.4, -0.2) is 23.0 Å². The van der Waals surface area contributed by atoms with Gasteiger partial charge in [-0.05, 0) is 37.6 Å². The van der Waals surface area contributed by atoms with Gasteiger partial charge in [-0.3, -0.25) is 4.57 Å². The summed E-state index contributed by atoms with van der Waals surface area (Å²) in [5, 5.41) is 0. The van der Waals surface area contributed by atoms with E-state index in [4.69, 9.17) is 0 Å². The summed E-state index contributed by atoms with van der Waals surface area (Å²) in [5.41, 5.74) is 2.82. The third-order valence-electron chi connectivity index (χ3n) is 5.60. The number of halogens is 2. The molecule has 0 unspecified atom stereocenters. The molecule has 5 rings (SSSR count). The molecule has 2 heterocycles. The molecular weight excluding hydrogens is 456 g/mol. The van der Waals surface area contributed by atoms with Crippen LogP contribution in [0.1, 0.15) is 11.1 Å². The van der Waals surface area contributed by atoms with Crippen LogP contribution in [-0.2, 0) is 9.84 Å². The van der Waals surface area contributed by atoms with Gasteiger partial charge in [0.05, 0.1) is 10.6 Å². The van der Waals surface area contributed by atoms with Gasteiger partial charge in [-0.15, -0.1) is 0 Å². The molecule has 170 valence electrons. The second-order valence-electron chi connectivity index (χ2n) is 7.96. The molecule has 0 atom stereocenters. The predicted molar refractivity (Wildman–Crippen MR) is 126 cm³/mol. The van der Waals surface area contributed by atoms with Crippen molar-refractivity contribution in [2.24, 2.45) is 0 Å². The van der Waals surface area contributed by atoms with Gasteiger partial charge in [-0.1, -0.05) is 66.2 Å². The summed E-state index contributed by atoms with van der Waals surface area (Å²) in [4.78, 5) is 7.36. The van der Waals surface area contributed by atoms with Gasteiger partial charge >= 0.3 is 0 Å². The van der Waals surface area contributed by atoms with Crippen LogP contribution < -0.4 is 0 Å². The van der Waals surface area contributed by atoms with Crippen LogP contribution >= 0.6 is 0 Å². The highest BCUT2D eigenvalue weighted by molar-refractivity contribution is 7.91. The number of aromatic nitrogens is 3. The third kappa shape index (κ3) is 3.47. The number of hydrogen-bond donors (Lipinski definition) is 0. The number of fused-ring (bicyclic) bond motifs is 1. The van der Waals surface area contributed by atoms with Crippen molar-refractivity contribution in [2.75, 3.05) is 0 Å². The maximum Gasteiger partial charge on any atom is 0.252 e. The smallest absolute Gasteiger partial charge is 0.252 e. The van der Waals surface area contributed by atoms with Gasteiger partial charge in [-0.25, -0.2) is 17.8 Å². The highest BCUT2D eigenvalue weighted by Crippen LogP contribution is 2.36. The van der Waals surface area contributed by atoms with Crippen molar-refractivity contribution in [3.63, 3.8) is 0 Å². The van der Waals surface area contributed by atoms with E-state index in [2.05, 4.69) is 9.97 Å². The summed E-state index contributed by atoms with van der Waals surface area (Å²) in [6.07, 6.45) is 0. The Kier molecular flexibility index (Phi) is 5.25. The number of hydrogen-bond acceptors (Lipinski definition) is 4. The van der Waals surface area contributed by atoms with Crippen LogP contribution in [0.5, 0.6) is 0 Å². The lowest BCUT2D eigenvalue weighted by molar-refractivity contribution is 0.463. The quantitative estimate of drug-likeness (QED) is 0.308. The van der Waals surface area contributed by atoms with Crippen molar-refractivity contribution in [1.82, 2.24) is 14.5 Å². The first kappa shape index (κ1) is 21.9. The average molecular weight is 476 g/mol. The van der Waals surface area contributed by atoms with Crippen molar-refractivity contribution < 1.29 is 17.2 Å². The number of pyridine rings is 1. The summed E-state index contributed by atoms with van der Waals surface area (Å²) in [7, 11) is -4.43. The molecule has 5 aromatic rings. The molecular formula is C26H19F2N3O2S. The molecule has 0 bridgehead atoms. The topological polar surface area (TPSA) is 64.8 Å².